The molecule has 84 heavy (non-hydrogen) atoms. The molecule has 0 saturated carbocycles. The van der Waals surface area contributed by atoms with Crippen LogP contribution in [0.25, 0.3) is 0 Å². The van der Waals surface area contributed by atoms with E-state index in [1.165, 1.54) is 44.9 Å². The van der Waals surface area contributed by atoms with E-state index >= 15 is 0 Å². The molecule has 2 rings (SSSR count). The summed E-state index contributed by atoms with van der Waals surface area (Å²) in [6.07, 6.45) is 63.1. The van der Waals surface area contributed by atoms with Crippen LogP contribution in [0.5, 0.6) is 0 Å². The Labute approximate surface area is 506 Å². The van der Waals surface area contributed by atoms with Crippen LogP contribution in [-0.4, -0.2) is 140 Å². The minimum Gasteiger partial charge on any atom is -0.394 e. The number of allylic oxidation sites excluding steroid dienone is 23. The molecule has 14 nitrogen and oxygen atoms in total. The highest BCUT2D eigenvalue weighted by molar-refractivity contribution is 5.76. The zero-order chi connectivity index (χ0) is 60.9. The normalized spacial score (nSPS) is 24.7. The molecule has 12 unspecified atom stereocenters. The summed E-state index contributed by atoms with van der Waals surface area (Å²) in [6, 6.07) is -0.960. The summed E-state index contributed by atoms with van der Waals surface area (Å²) in [5.74, 6) is -0.279. The van der Waals surface area contributed by atoms with Gasteiger partial charge in [0.1, 0.15) is 48.8 Å². The fourth-order valence-electron chi connectivity index (χ4n) is 9.37. The van der Waals surface area contributed by atoms with Crippen molar-refractivity contribution < 1.29 is 64.6 Å². The number of ether oxygens (including phenoxy) is 4. The van der Waals surface area contributed by atoms with Gasteiger partial charge in [0, 0.05) is 6.42 Å². The van der Waals surface area contributed by atoms with E-state index in [2.05, 4.69) is 153 Å². The van der Waals surface area contributed by atoms with Gasteiger partial charge in [0.05, 0.1) is 32.0 Å². The SMILES string of the molecule is CC/C=C\C/C=C\C/C=C\C/C=C\C/C=C\C/C=C\C/C=C\C/C=C\C/C=C\CCCCCCCC(=O)NC(COC1OC(CO)C(OC2OC(CO)C(O)C(O)C2O)C(O)C1O)C(O)/C=C/CC/C=C/CC/C=C/CCCCCCCCC. The van der Waals surface area contributed by atoms with Gasteiger partial charge in [-0.05, 0) is 116 Å². The molecule has 476 valence electrons. The van der Waals surface area contributed by atoms with Crippen molar-refractivity contribution in [2.45, 2.75) is 267 Å². The van der Waals surface area contributed by atoms with E-state index in [1.54, 1.807) is 6.08 Å². The number of carbonyl (C=O) groups is 1. The maximum Gasteiger partial charge on any atom is 0.220 e. The first kappa shape index (κ1) is 76.0. The first-order valence-corrected chi connectivity index (χ1v) is 32.1. The summed E-state index contributed by atoms with van der Waals surface area (Å²) in [6.45, 7) is 2.61. The second-order valence-electron chi connectivity index (χ2n) is 21.8. The fourth-order valence-corrected chi connectivity index (χ4v) is 9.37. The Hall–Kier alpha value is -4.13. The Kier molecular flexibility index (Phi) is 48.1. The van der Waals surface area contributed by atoms with Crippen molar-refractivity contribution in [3.05, 3.63) is 146 Å². The van der Waals surface area contributed by atoms with Crippen LogP contribution in [0.3, 0.4) is 0 Å². The summed E-state index contributed by atoms with van der Waals surface area (Å²) in [4.78, 5) is 13.3. The molecule has 0 radical (unpaired) electrons. The maximum atomic E-state index is 13.3. The topological polar surface area (TPSA) is 228 Å². The molecule has 2 fully saturated rings. The average Bonchev–Trinajstić information content (AvgIpc) is 3.17. The molecule has 1 amide bonds. The number of aliphatic hydroxyl groups is 8. The lowest BCUT2D eigenvalue weighted by Crippen LogP contribution is -2.65. The van der Waals surface area contributed by atoms with Crippen molar-refractivity contribution in [2.75, 3.05) is 19.8 Å². The van der Waals surface area contributed by atoms with Crippen LogP contribution in [0.15, 0.2) is 146 Å². The van der Waals surface area contributed by atoms with E-state index in [1.807, 2.05) is 6.08 Å². The van der Waals surface area contributed by atoms with Gasteiger partial charge < -0.3 is 65.1 Å². The minimum absolute atomic E-state index is 0.237. The number of carbonyl (C=O) groups excluding carboxylic acids is 1. The van der Waals surface area contributed by atoms with Gasteiger partial charge in [0.2, 0.25) is 5.91 Å². The molecule has 2 heterocycles. The fraction of sp³-hybridized carbons (Fsp3) is 0.643. The summed E-state index contributed by atoms with van der Waals surface area (Å²) in [5, 5.41) is 87.1. The van der Waals surface area contributed by atoms with Crippen LogP contribution in [-0.2, 0) is 23.7 Å². The Balaban J connectivity index is 1.74. The van der Waals surface area contributed by atoms with Crippen molar-refractivity contribution in [2.24, 2.45) is 0 Å². The summed E-state index contributed by atoms with van der Waals surface area (Å²) >= 11 is 0. The molecule has 14 heteroatoms. The summed E-state index contributed by atoms with van der Waals surface area (Å²) < 4.78 is 22.8. The van der Waals surface area contributed by atoms with Crippen LogP contribution >= 0.6 is 0 Å². The van der Waals surface area contributed by atoms with Gasteiger partial charge in [0.25, 0.3) is 0 Å². The van der Waals surface area contributed by atoms with E-state index in [4.69, 9.17) is 18.9 Å². The second-order valence-corrected chi connectivity index (χ2v) is 21.8. The van der Waals surface area contributed by atoms with Crippen molar-refractivity contribution in [3.8, 4) is 0 Å². The maximum absolute atomic E-state index is 13.3. The van der Waals surface area contributed by atoms with E-state index < -0.39 is 86.8 Å². The predicted molar refractivity (Wildman–Crippen MR) is 341 cm³/mol. The molecule has 0 bridgehead atoms. The summed E-state index contributed by atoms with van der Waals surface area (Å²) in [7, 11) is 0. The second kappa shape index (κ2) is 53.1. The highest BCUT2D eigenvalue weighted by Gasteiger charge is 2.51. The quantitative estimate of drug-likeness (QED) is 0.0204. The molecule has 0 aromatic heterocycles. The molecule has 0 spiro atoms. The lowest BCUT2D eigenvalue weighted by molar-refractivity contribution is -0.359. The number of rotatable bonds is 49. The lowest BCUT2D eigenvalue weighted by atomic mass is 9.97. The van der Waals surface area contributed by atoms with Crippen molar-refractivity contribution in [3.63, 3.8) is 0 Å². The Morgan fingerprint density at radius 1 is 0.440 bits per heavy atom. The van der Waals surface area contributed by atoms with Crippen LogP contribution in [0, 0.1) is 0 Å². The Morgan fingerprint density at radius 3 is 1.31 bits per heavy atom. The Bertz CT molecular complexity index is 1970. The minimum atomic E-state index is -1.80. The van der Waals surface area contributed by atoms with Crippen LogP contribution in [0.1, 0.15) is 194 Å². The first-order valence-electron chi connectivity index (χ1n) is 32.1. The van der Waals surface area contributed by atoms with Crippen LogP contribution in [0.4, 0.5) is 0 Å². The smallest absolute Gasteiger partial charge is 0.220 e. The summed E-state index contributed by atoms with van der Waals surface area (Å²) in [5.41, 5.74) is 0. The van der Waals surface area contributed by atoms with Gasteiger partial charge in [-0.2, -0.15) is 0 Å². The molecule has 9 N–H and O–H groups in total. The zero-order valence-electron chi connectivity index (χ0n) is 51.3. The van der Waals surface area contributed by atoms with Crippen molar-refractivity contribution in [1.82, 2.24) is 5.32 Å². The van der Waals surface area contributed by atoms with E-state index in [9.17, 15) is 45.6 Å². The van der Waals surface area contributed by atoms with Crippen molar-refractivity contribution >= 4 is 5.91 Å². The number of amides is 1. The number of hydrogen-bond acceptors (Lipinski definition) is 13. The predicted octanol–water partition coefficient (Wildman–Crippen LogP) is 12.1. The van der Waals surface area contributed by atoms with Gasteiger partial charge in [-0.15, -0.1) is 0 Å². The third-order valence-electron chi connectivity index (χ3n) is 14.5. The van der Waals surface area contributed by atoms with Gasteiger partial charge in [0.15, 0.2) is 12.6 Å². The van der Waals surface area contributed by atoms with E-state index in [0.29, 0.717) is 12.8 Å². The molecule has 12 atom stereocenters. The number of aliphatic hydroxyl groups excluding tert-OH is 8. The molecular weight excluding hydrogens is 1060 g/mol. The lowest BCUT2D eigenvalue weighted by Gasteiger charge is -2.46. The molecule has 0 aliphatic carbocycles. The van der Waals surface area contributed by atoms with Gasteiger partial charge in [-0.1, -0.05) is 217 Å². The highest BCUT2D eigenvalue weighted by Crippen LogP contribution is 2.30. The van der Waals surface area contributed by atoms with Gasteiger partial charge >= 0.3 is 0 Å². The molecule has 0 aromatic rings. The van der Waals surface area contributed by atoms with Crippen molar-refractivity contribution in [1.29, 1.82) is 0 Å². The van der Waals surface area contributed by atoms with Crippen LogP contribution in [0.2, 0.25) is 0 Å². The zero-order valence-corrected chi connectivity index (χ0v) is 51.3. The van der Waals surface area contributed by atoms with Gasteiger partial charge in [-0.3, -0.25) is 4.79 Å². The first-order chi connectivity index (χ1) is 41.1. The van der Waals surface area contributed by atoms with Crippen LogP contribution < -0.4 is 5.32 Å². The Morgan fingerprint density at radius 2 is 0.833 bits per heavy atom. The molecule has 2 saturated heterocycles. The standard InChI is InChI=1S/C70H113NO13/c1-3-5-7-9-11-13-15-17-19-21-22-23-24-25-26-27-28-29-30-31-32-33-34-35-36-38-40-42-44-46-48-50-52-54-62(75)71-58(59(74)53-51-49-47-45-43-41-39-37-20-18-16-14-12-10-8-6-4-2)57-81-69-67(80)65(78)68(61(56-73)83-69)84-70-66(79)64(77)63(76)60(55-72)82-70/h5,7,11,13,17,19-20,22-23,25-26,28-29,31-32,34-35,37-38,40,43,45,51,53,58-61,63-70,72-74,76-80H,3-4,6,8-10,12,14-16,18,21,24,27,30,33,36,39,41-42,44,46-50,52,54-57H2,1-2H3,(H,71,75)/b7-5-,13-11-,19-17-,23-22-,26-25-,29-28-,32-31-,35-34-,37-20+,40-38-,45-43+,53-51+. The third-order valence-corrected chi connectivity index (χ3v) is 14.5. The van der Waals surface area contributed by atoms with E-state index in [-0.39, 0.29) is 18.9 Å². The monoisotopic (exact) mass is 1180 g/mol. The number of unbranched alkanes of at least 4 members (excludes halogenated alkanes) is 14. The number of hydrogen-bond donors (Lipinski definition) is 9. The van der Waals surface area contributed by atoms with E-state index in [0.717, 1.165) is 116 Å². The molecule has 2 aliphatic heterocycles. The molecule has 0 aromatic carbocycles. The van der Waals surface area contributed by atoms with Gasteiger partial charge in [-0.25, -0.2) is 0 Å². The highest BCUT2D eigenvalue weighted by atomic mass is 16.7. The average molecular weight is 1180 g/mol. The third kappa shape index (κ3) is 37.4. The molecule has 2 aliphatic rings. The molecular formula is C70H113NO13. The largest absolute Gasteiger partial charge is 0.394 e. The number of nitrogens with one attached hydrogen (secondary N) is 1.